The van der Waals surface area contributed by atoms with Gasteiger partial charge in [0, 0.05) is 11.9 Å². The van der Waals surface area contributed by atoms with Gasteiger partial charge in [0.25, 0.3) is 0 Å². The van der Waals surface area contributed by atoms with Crippen LogP contribution in [0.3, 0.4) is 0 Å². The molecule has 1 aromatic carbocycles. The standard InChI is InChI=1S/C12H15BrFNO3S/c1-7-5-8(13)9(14)6-10(7)15-11(16)12(2,3)19(4,17)18/h5-6H,1-4H3,(H,15,16). The fraction of sp³-hybridized carbons (Fsp3) is 0.417. The highest BCUT2D eigenvalue weighted by Crippen LogP contribution is 2.25. The van der Waals surface area contributed by atoms with E-state index in [1.54, 1.807) is 6.92 Å². The van der Waals surface area contributed by atoms with Gasteiger partial charge in [0.1, 0.15) is 10.6 Å². The first-order valence-electron chi connectivity index (χ1n) is 5.43. The van der Waals surface area contributed by atoms with Gasteiger partial charge in [-0.25, -0.2) is 12.8 Å². The topological polar surface area (TPSA) is 63.2 Å². The summed E-state index contributed by atoms with van der Waals surface area (Å²) < 4.78 is 35.2. The molecule has 0 atom stereocenters. The van der Waals surface area contributed by atoms with Crippen LogP contribution in [0.1, 0.15) is 19.4 Å². The van der Waals surface area contributed by atoms with Crippen LogP contribution in [0.2, 0.25) is 0 Å². The van der Waals surface area contributed by atoms with Crippen LogP contribution in [-0.4, -0.2) is 25.3 Å². The number of benzene rings is 1. The lowest BCUT2D eigenvalue weighted by molar-refractivity contribution is -0.117. The van der Waals surface area contributed by atoms with E-state index in [-0.39, 0.29) is 10.2 Å². The van der Waals surface area contributed by atoms with Gasteiger partial charge in [0.2, 0.25) is 5.91 Å². The molecule has 19 heavy (non-hydrogen) atoms. The summed E-state index contributed by atoms with van der Waals surface area (Å²) in [5.74, 6) is -1.22. The van der Waals surface area contributed by atoms with Gasteiger partial charge < -0.3 is 5.32 Å². The number of halogens is 2. The molecule has 1 aromatic rings. The molecule has 7 heteroatoms. The molecule has 0 radical (unpaired) electrons. The molecule has 1 N–H and O–H groups in total. The van der Waals surface area contributed by atoms with Crippen molar-refractivity contribution >= 4 is 37.4 Å². The molecule has 1 amide bonds. The number of rotatable bonds is 3. The van der Waals surface area contributed by atoms with Crippen LogP contribution in [-0.2, 0) is 14.6 Å². The van der Waals surface area contributed by atoms with E-state index in [0.29, 0.717) is 5.56 Å². The van der Waals surface area contributed by atoms with E-state index >= 15 is 0 Å². The highest BCUT2D eigenvalue weighted by atomic mass is 79.9. The Hall–Kier alpha value is -0.950. The predicted molar refractivity (Wildman–Crippen MR) is 76.4 cm³/mol. The summed E-state index contributed by atoms with van der Waals surface area (Å²) in [5.41, 5.74) is 0.883. The molecule has 0 saturated carbocycles. The summed E-state index contributed by atoms with van der Waals surface area (Å²) in [6, 6.07) is 2.66. The molecule has 0 aliphatic heterocycles. The maximum atomic E-state index is 13.4. The Labute approximate surface area is 120 Å². The number of hydrogen-bond donors (Lipinski definition) is 1. The fourth-order valence-electron chi connectivity index (χ4n) is 1.22. The van der Waals surface area contributed by atoms with Crippen LogP contribution in [0.5, 0.6) is 0 Å². The highest BCUT2D eigenvalue weighted by molar-refractivity contribution is 9.10. The zero-order valence-corrected chi connectivity index (χ0v) is 13.4. The van der Waals surface area contributed by atoms with Gasteiger partial charge in [-0.1, -0.05) is 0 Å². The molecule has 0 fully saturated rings. The molecule has 0 spiro atoms. The summed E-state index contributed by atoms with van der Waals surface area (Å²) in [5, 5.41) is 2.45. The summed E-state index contributed by atoms with van der Waals surface area (Å²) in [6.07, 6.45) is 0.988. The Balaban J connectivity index is 3.11. The van der Waals surface area contributed by atoms with E-state index in [4.69, 9.17) is 0 Å². The first kappa shape index (κ1) is 16.1. The van der Waals surface area contributed by atoms with Crippen LogP contribution < -0.4 is 5.32 Å². The molecule has 0 unspecified atom stereocenters. The zero-order valence-electron chi connectivity index (χ0n) is 11.0. The second-order valence-electron chi connectivity index (χ2n) is 4.82. The second-order valence-corrected chi connectivity index (χ2v) is 8.24. The quantitative estimate of drug-likeness (QED) is 0.910. The van der Waals surface area contributed by atoms with Gasteiger partial charge in [-0.15, -0.1) is 0 Å². The minimum atomic E-state index is -3.57. The van der Waals surface area contributed by atoms with E-state index in [9.17, 15) is 17.6 Å². The van der Waals surface area contributed by atoms with Crippen LogP contribution in [0, 0.1) is 12.7 Å². The third kappa shape index (κ3) is 3.33. The minimum absolute atomic E-state index is 0.252. The van der Waals surface area contributed by atoms with E-state index in [0.717, 1.165) is 12.3 Å². The first-order chi connectivity index (χ1) is 8.46. The Morgan fingerprint density at radius 1 is 1.37 bits per heavy atom. The number of aryl methyl sites for hydroxylation is 1. The molecule has 4 nitrogen and oxygen atoms in total. The van der Waals surface area contributed by atoms with Gasteiger partial charge in [-0.3, -0.25) is 4.79 Å². The molecule has 0 aliphatic rings. The number of anilines is 1. The summed E-state index contributed by atoms with van der Waals surface area (Å²) in [4.78, 5) is 12.0. The van der Waals surface area contributed by atoms with Crippen LogP contribution in [0.4, 0.5) is 10.1 Å². The maximum absolute atomic E-state index is 13.4. The third-order valence-corrected chi connectivity index (χ3v) is 5.64. The number of nitrogens with one attached hydrogen (secondary N) is 1. The zero-order chi connectivity index (χ0) is 15.0. The van der Waals surface area contributed by atoms with E-state index in [2.05, 4.69) is 21.2 Å². The average Bonchev–Trinajstić information content (AvgIpc) is 2.24. The van der Waals surface area contributed by atoms with E-state index in [1.165, 1.54) is 19.9 Å². The number of carbonyl (C=O) groups is 1. The van der Waals surface area contributed by atoms with Crippen molar-refractivity contribution in [3.05, 3.63) is 28.0 Å². The van der Waals surface area contributed by atoms with Gasteiger partial charge >= 0.3 is 0 Å². The second kappa shape index (κ2) is 5.20. The molecule has 0 aromatic heterocycles. The van der Waals surface area contributed by atoms with E-state index in [1.807, 2.05) is 0 Å². The van der Waals surface area contributed by atoms with Crippen LogP contribution in [0.25, 0.3) is 0 Å². The molecular weight excluding hydrogens is 337 g/mol. The Kier molecular flexibility index (Phi) is 4.41. The minimum Gasteiger partial charge on any atom is -0.324 e. The lowest BCUT2D eigenvalue weighted by atomic mass is 10.1. The van der Waals surface area contributed by atoms with Crippen LogP contribution >= 0.6 is 15.9 Å². The molecule has 1 rings (SSSR count). The molecule has 0 bridgehead atoms. The molecular formula is C12H15BrFNO3S. The fourth-order valence-corrected chi connectivity index (χ4v) is 2.07. The molecule has 0 heterocycles. The molecule has 0 saturated heterocycles. The number of sulfone groups is 1. The van der Waals surface area contributed by atoms with Crippen molar-refractivity contribution < 1.29 is 17.6 Å². The predicted octanol–water partition coefficient (Wildman–Crippen LogP) is 2.66. The van der Waals surface area contributed by atoms with Crippen molar-refractivity contribution in [1.82, 2.24) is 0 Å². The maximum Gasteiger partial charge on any atom is 0.245 e. The number of amides is 1. The first-order valence-corrected chi connectivity index (χ1v) is 8.12. The average molecular weight is 352 g/mol. The lowest BCUT2D eigenvalue weighted by Crippen LogP contribution is -2.44. The normalized spacial score (nSPS) is 12.3. The van der Waals surface area contributed by atoms with Crippen molar-refractivity contribution in [2.45, 2.75) is 25.5 Å². The van der Waals surface area contributed by atoms with Gasteiger partial charge in [-0.05, 0) is 54.4 Å². The van der Waals surface area contributed by atoms with Crippen molar-refractivity contribution in [3.8, 4) is 0 Å². The summed E-state index contributed by atoms with van der Waals surface area (Å²) in [7, 11) is -3.57. The third-order valence-electron chi connectivity index (χ3n) is 2.99. The highest BCUT2D eigenvalue weighted by Gasteiger charge is 2.38. The van der Waals surface area contributed by atoms with Gasteiger partial charge in [-0.2, -0.15) is 0 Å². The van der Waals surface area contributed by atoms with Crippen LogP contribution in [0.15, 0.2) is 16.6 Å². The molecule has 106 valence electrons. The van der Waals surface area contributed by atoms with E-state index < -0.39 is 26.3 Å². The van der Waals surface area contributed by atoms with Crippen molar-refractivity contribution in [2.75, 3.05) is 11.6 Å². The molecule has 0 aliphatic carbocycles. The summed E-state index contributed by atoms with van der Waals surface area (Å²) >= 11 is 3.03. The number of hydrogen-bond acceptors (Lipinski definition) is 3. The van der Waals surface area contributed by atoms with Crippen molar-refractivity contribution in [2.24, 2.45) is 0 Å². The van der Waals surface area contributed by atoms with Crippen molar-refractivity contribution in [3.63, 3.8) is 0 Å². The Bertz CT molecular complexity index is 626. The monoisotopic (exact) mass is 351 g/mol. The van der Waals surface area contributed by atoms with Gasteiger partial charge in [0.05, 0.1) is 4.47 Å². The lowest BCUT2D eigenvalue weighted by Gasteiger charge is -2.22. The number of carbonyl (C=O) groups excluding carboxylic acids is 1. The van der Waals surface area contributed by atoms with Gasteiger partial charge in [0.15, 0.2) is 9.84 Å². The smallest absolute Gasteiger partial charge is 0.245 e. The Morgan fingerprint density at radius 2 is 1.89 bits per heavy atom. The van der Waals surface area contributed by atoms with Crippen molar-refractivity contribution in [1.29, 1.82) is 0 Å². The Morgan fingerprint density at radius 3 is 2.37 bits per heavy atom. The SMILES string of the molecule is Cc1cc(Br)c(F)cc1NC(=O)C(C)(C)S(C)(=O)=O. The largest absolute Gasteiger partial charge is 0.324 e. The summed E-state index contributed by atoms with van der Waals surface area (Å²) in [6.45, 7) is 4.30.